The number of hydrogen-bond donors (Lipinski definition) is 2. The molecular formula is C29H37NO8. The van der Waals surface area contributed by atoms with Crippen molar-refractivity contribution in [3.63, 3.8) is 0 Å². The standard InChI is InChI=1S/C25H33NO4.C4H4O4/c1-3-13-26(20-17-21-22(27-2)10-5-11-23(21)30-18-20)14-7-16-28-24-12-4-8-19-9-6-15-29-25(19)24;5-3(6)1-2-4(7)8/h4-5,8,10-12,20H,3,6-7,9,13-18H2,1-2H3;1-2H,(H,5,6)(H,7,8)/b;2-1+. The molecule has 0 spiro atoms. The monoisotopic (exact) mass is 527 g/mol. The largest absolute Gasteiger partial charge is 0.496 e. The Balaban J connectivity index is 0.000000436. The minimum atomic E-state index is -1.26. The van der Waals surface area contributed by atoms with Crippen LogP contribution in [-0.4, -0.2) is 73.1 Å². The molecule has 0 aromatic heterocycles. The van der Waals surface area contributed by atoms with Crippen LogP contribution in [0.3, 0.4) is 0 Å². The van der Waals surface area contributed by atoms with E-state index in [-0.39, 0.29) is 0 Å². The zero-order chi connectivity index (χ0) is 27.3. The maximum atomic E-state index is 9.55. The molecule has 2 aliphatic heterocycles. The Morgan fingerprint density at radius 2 is 1.79 bits per heavy atom. The third-order valence-corrected chi connectivity index (χ3v) is 6.32. The zero-order valence-corrected chi connectivity index (χ0v) is 22.1. The van der Waals surface area contributed by atoms with E-state index in [9.17, 15) is 9.59 Å². The lowest BCUT2D eigenvalue weighted by Crippen LogP contribution is -2.44. The van der Waals surface area contributed by atoms with E-state index in [4.69, 9.17) is 29.2 Å². The molecule has 0 saturated carbocycles. The Morgan fingerprint density at radius 1 is 1.05 bits per heavy atom. The van der Waals surface area contributed by atoms with Crippen molar-refractivity contribution in [3.8, 4) is 23.0 Å². The van der Waals surface area contributed by atoms with Crippen molar-refractivity contribution < 1.29 is 38.7 Å². The van der Waals surface area contributed by atoms with Gasteiger partial charge >= 0.3 is 11.9 Å². The number of benzene rings is 2. The van der Waals surface area contributed by atoms with E-state index in [0.717, 1.165) is 81.4 Å². The first-order chi connectivity index (χ1) is 18.4. The summed E-state index contributed by atoms with van der Waals surface area (Å²) in [5.74, 6) is 1.19. The number of methoxy groups -OCH3 is 1. The lowest BCUT2D eigenvalue weighted by Gasteiger charge is -2.35. The van der Waals surface area contributed by atoms with E-state index < -0.39 is 11.9 Å². The van der Waals surface area contributed by atoms with Gasteiger partial charge in [0.15, 0.2) is 11.5 Å². The highest BCUT2D eigenvalue weighted by Crippen LogP contribution is 2.35. The molecule has 1 unspecified atom stereocenters. The Kier molecular flexibility index (Phi) is 11.3. The zero-order valence-electron chi connectivity index (χ0n) is 22.1. The molecule has 9 heteroatoms. The molecule has 206 valence electrons. The van der Waals surface area contributed by atoms with Gasteiger partial charge in [-0.15, -0.1) is 0 Å². The highest BCUT2D eigenvalue weighted by molar-refractivity contribution is 5.89. The first-order valence-corrected chi connectivity index (χ1v) is 13.0. The molecule has 2 aromatic rings. The maximum absolute atomic E-state index is 9.55. The lowest BCUT2D eigenvalue weighted by atomic mass is 10.00. The number of rotatable bonds is 11. The number of carboxylic acid groups (broad SMARTS) is 2. The molecule has 2 aliphatic rings. The van der Waals surface area contributed by atoms with Gasteiger partial charge in [-0.05, 0) is 62.4 Å². The molecule has 1 atom stereocenters. The molecular weight excluding hydrogens is 490 g/mol. The lowest BCUT2D eigenvalue weighted by molar-refractivity contribution is -0.134. The topological polar surface area (TPSA) is 115 Å². The molecule has 2 heterocycles. The van der Waals surface area contributed by atoms with Gasteiger partial charge in [0.2, 0.25) is 0 Å². The van der Waals surface area contributed by atoms with Gasteiger partial charge in [-0.25, -0.2) is 9.59 Å². The fraction of sp³-hybridized carbons (Fsp3) is 0.448. The van der Waals surface area contributed by atoms with Crippen LogP contribution in [0.4, 0.5) is 0 Å². The van der Waals surface area contributed by atoms with Crippen LogP contribution in [0.5, 0.6) is 23.0 Å². The van der Waals surface area contributed by atoms with E-state index in [2.05, 4.69) is 24.0 Å². The molecule has 0 aliphatic carbocycles. The summed E-state index contributed by atoms with van der Waals surface area (Å²) in [5, 5.41) is 15.6. The summed E-state index contributed by atoms with van der Waals surface area (Å²) in [6.07, 6.45) is 6.32. The van der Waals surface area contributed by atoms with Gasteiger partial charge in [0.05, 0.1) is 20.3 Å². The summed E-state index contributed by atoms with van der Waals surface area (Å²) in [6.45, 7) is 6.47. The second-order valence-corrected chi connectivity index (χ2v) is 9.05. The first-order valence-electron chi connectivity index (χ1n) is 13.0. The number of para-hydroxylation sites is 1. The number of nitrogens with zero attached hydrogens (tertiary/aromatic N) is 1. The number of fused-ring (bicyclic) bond motifs is 2. The van der Waals surface area contributed by atoms with Crippen LogP contribution in [0, 0.1) is 0 Å². The number of carboxylic acids is 2. The number of carbonyl (C=O) groups is 2. The summed E-state index contributed by atoms with van der Waals surface area (Å²) in [4.78, 5) is 21.6. The van der Waals surface area contributed by atoms with Crippen molar-refractivity contribution >= 4 is 11.9 Å². The minimum Gasteiger partial charge on any atom is -0.496 e. The van der Waals surface area contributed by atoms with E-state index >= 15 is 0 Å². The molecule has 2 N–H and O–H groups in total. The quantitative estimate of drug-likeness (QED) is 0.327. The normalized spacial score (nSPS) is 15.8. The molecule has 4 rings (SSSR count). The molecule has 0 saturated heterocycles. The Bertz CT molecular complexity index is 1070. The second kappa shape index (κ2) is 14.9. The van der Waals surface area contributed by atoms with Gasteiger partial charge in [0.25, 0.3) is 0 Å². The third-order valence-electron chi connectivity index (χ3n) is 6.32. The fourth-order valence-electron chi connectivity index (χ4n) is 4.62. The van der Waals surface area contributed by atoms with Crippen molar-refractivity contribution in [2.24, 2.45) is 0 Å². The van der Waals surface area contributed by atoms with Gasteiger partial charge in [-0.2, -0.15) is 0 Å². The number of ether oxygens (including phenoxy) is 4. The summed E-state index contributed by atoms with van der Waals surface area (Å²) >= 11 is 0. The van der Waals surface area contributed by atoms with E-state index in [1.165, 1.54) is 11.1 Å². The van der Waals surface area contributed by atoms with Crippen molar-refractivity contribution in [3.05, 3.63) is 59.7 Å². The van der Waals surface area contributed by atoms with Crippen molar-refractivity contribution in [2.45, 2.75) is 45.1 Å². The van der Waals surface area contributed by atoms with Crippen LogP contribution in [-0.2, 0) is 22.4 Å². The number of hydrogen-bond acceptors (Lipinski definition) is 7. The minimum absolute atomic E-state index is 0.363. The Labute approximate surface area is 223 Å². The van der Waals surface area contributed by atoms with Crippen molar-refractivity contribution in [1.82, 2.24) is 4.90 Å². The van der Waals surface area contributed by atoms with Gasteiger partial charge in [0, 0.05) is 30.3 Å². The molecule has 0 radical (unpaired) electrons. The molecule has 38 heavy (non-hydrogen) atoms. The van der Waals surface area contributed by atoms with Gasteiger partial charge in [-0.1, -0.05) is 25.1 Å². The third kappa shape index (κ3) is 8.41. The average Bonchev–Trinajstić information content (AvgIpc) is 2.93. The molecule has 0 fully saturated rings. The smallest absolute Gasteiger partial charge is 0.328 e. The summed E-state index contributed by atoms with van der Waals surface area (Å²) in [7, 11) is 1.73. The highest BCUT2D eigenvalue weighted by Gasteiger charge is 2.27. The first kappa shape index (κ1) is 28.8. The number of aryl methyl sites for hydroxylation is 1. The average molecular weight is 528 g/mol. The molecule has 0 bridgehead atoms. The van der Waals surface area contributed by atoms with Crippen LogP contribution in [0.1, 0.15) is 37.3 Å². The Morgan fingerprint density at radius 3 is 2.50 bits per heavy atom. The van der Waals surface area contributed by atoms with Gasteiger partial charge in [-0.3, -0.25) is 4.90 Å². The molecule has 0 amide bonds. The van der Waals surface area contributed by atoms with Crippen LogP contribution >= 0.6 is 0 Å². The van der Waals surface area contributed by atoms with Crippen LogP contribution in [0.15, 0.2) is 48.6 Å². The van der Waals surface area contributed by atoms with Gasteiger partial charge in [0.1, 0.15) is 18.1 Å². The summed E-state index contributed by atoms with van der Waals surface area (Å²) < 4.78 is 23.6. The molecule has 2 aromatic carbocycles. The van der Waals surface area contributed by atoms with Crippen molar-refractivity contribution in [2.75, 3.05) is 40.0 Å². The predicted octanol–water partition coefficient (Wildman–Crippen LogP) is 4.22. The number of aliphatic carboxylic acids is 2. The molecule has 9 nitrogen and oxygen atoms in total. The predicted molar refractivity (Wildman–Crippen MR) is 143 cm³/mol. The summed E-state index contributed by atoms with van der Waals surface area (Å²) in [6, 6.07) is 12.6. The second-order valence-electron chi connectivity index (χ2n) is 9.05. The van der Waals surface area contributed by atoms with E-state index in [1.807, 2.05) is 24.3 Å². The van der Waals surface area contributed by atoms with E-state index in [1.54, 1.807) is 7.11 Å². The van der Waals surface area contributed by atoms with Crippen LogP contribution in [0.25, 0.3) is 0 Å². The summed E-state index contributed by atoms with van der Waals surface area (Å²) in [5.41, 5.74) is 2.44. The van der Waals surface area contributed by atoms with E-state index in [0.29, 0.717) is 24.8 Å². The highest BCUT2D eigenvalue weighted by atomic mass is 16.5. The maximum Gasteiger partial charge on any atom is 0.328 e. The van der Waals surface area contributed by atoms with Crippen molar-refractivity contribution in [1.29, 1.82) is 0 Å². The Hall–Kier alpha value is -3.72. The van der Waals surface area contributed by atoms with Crippen LogP contribution < -0.4 is 18.9 Å². The van der Waals surface area contributed by atoms with Crippen LogP contribution in [0.2, 0.25) is 0 Å². The van der Waals surface area contributed by atoms with Gasteiger partial charge < -0.3 is 29.2 Å². The fourth-order valence-corrected chi connectivity index (χ4v) is 4.62. The SMILES string of the molecule is CCCN(CCCOc1cccc2c1OCCC2)C1COc2cccc(OC)c2C1.O=C(O)/C=C/C(=O)O.